The van der Waals surface area contributed by atoms with Crippen molar-refractivity contribution in [2.24, 2.45) is 0 Å². The van der Waals surface area contributed by atoms with E-state index in [1.807, 2.05) is 17.4 Å². The molecule has 50 heavy (non-hydrogen) atoms. The maximum absolute atomic E-state index is 5.14. The first kappa shape index (κ1) is 29.0. The molecule has 0 unspecified atom stereocenters. The fourth-order valence-electron chi connectivity index (χ4n) is 6.84. The van der Waals surface area contributed by atoms with Crippen LogP contribution in [0.25, 0.3) is 96.8 Å². The fraction of sp³-hybridized carbons (Fsp3) is 0. The maximum Gasteiger partial charge on any atom is 0.164 e. The third-order valence-corrected chi connectivity index (χ3v) is 11.6. The van der Waals surface area contributed by atoms with Crippen molar-refractivity contribution in [3.63, 3.8) is 0 Å². The number of thiophene rings is 2. The molecule has 0 atom stereocenters. The largest absolute Gasteiger partial charge is 0.208 e. The lowest BCUT2D eigenvalue weighted by Crippen LogP contribution is -2.00. The highest BCUT2D eigenvalue weighted by Gasteiger charge is 2.16. The number of rotatable bonds is 5. The Morgan fingerprint density at radius 1 is 0.260 bits per heavy atom. The Labute approximate surface area is 296 Å². The lowest BCUT2D eigenvalue weighted by atomic mass is 10.0. The lowest BCUT2D eigenvalue weighted by Gasteiger charge is -2.11. The van der Waals surface area contributed by atoms with Crippen molar-refractivity contribution < 1.29 is 0 Å². The SMILES string of the molecule is c1ccc(-c2cccc(-c3nc(-c4cccc(-c5ccc6c(c5)sc5ccccc56)c4)nc(-c4ccc5c(c4)sc4ccccc45)n3)c2)cc1. The van der Waals surface area contributed by atoms with Crippen LogP contribution < -0.4 is 0 Å². The van der Waals surface area contributed by atoms with E-state index in [1.54, 1.807) is 11.3 Å². The fourth-order valence-corrected chi connectivity index (χ4v) is 9.13. The molecule has 0 spiro atoms. The molecule has 0 bridgehead atoms. The van der Waals surface area contributed by atoms with Crippen molar-refractivity contribution in [2.45, 2.75) is 0 Å². The maximum atomic E-state index is 5.14. The van der Waals surface area contributed by atoms with Gasteiger partial charge in [0.1, 0.15) is 0 Å². The number of hydrogen-bond donors (Lipinski definition) is 0. The normalized spacial score (nSPS) is 11.6. The van der Waals surface area contributed by atoms with Gasteiger partial charge in [-0.1, -0.05) is 127 Å². The summed E-state index contributed by atoms with van der Waals surface area (Å²) in [6.07, 6.45) is 0. The molecule has 10 rings (SSSR count). The van der Waals surface area contributed by atoms with E-state index in [1.165, 1.54) is 45.9 Å². The van der Waals surface area contributed by atoms with Gasteiger partial charge in [-0.3, -0.25) is 0 Å². The van der Waals surface area contributed by atoms with Crippen molar-refractivity contribution in [3.8, 4) is 56.4 Å². The summed E-state index contributed by atoms with van der Waals surface area (Å²) in [5.41, 5.74) is 7.45. The Hall–Kier alpha value is -6.01. The molecule has 0 N–H and O–H groups in total. The van der Waals surface area contributed by atoms with Crippen molar-refractivity contribution >= 4 is 63.0 Å². The van der Waals surface area contributed by atoms with Crippen molar-refractivity contribution in [1.82, 2.24) is 15.0 Å². The zero-order valence-corrected chi connectivity index (χ0v) is 28.4. The molecule has 0 fully saturated rings. The van der Waals surface area contributed by atoms with Gasteiger partial charge in [0.05, 0.1) is 0 Å². The van der Waals surface area contributed by atoms with Crippen molar-refractivity contribution in [2.75, 3.05) is 0 Å². The van der Waals surface area contributed by atoms with E-state index in [4.69, 9.17) is 15.0 Å². The van der Waals surface area contributed by atoms with Crippen LogP contribution in [-0.2, 0) is 0 Å². The highest BCUT2D eigenvalue weighted by atomic mass is 32.1. The predicted octanol–water partition coefficient (Wildman–Crippen LogP) is 12.9. The first-order valence-corrected chi connectivity index (χ1v) is 18.2. The highest BCUT2D eigenvalue weighted by molar-refractivity contribution is 7.26. The molecule has 0 aliphatic rings. The average Bonchev–Trinajstić information content (AvgIpc) is 3.76. The van der Waals surface area contributed by atoms with Gasteiger partial charge in [0.25, 0.3) is 0 Å². The zero-order chi connectivity index (χ0) is 33.0. The minimum absolute atomic E-state index is 0.649. The summed E-state index contributed by atoms with van der Waals surface area (Å²) in [5.74, 6) is 1.96. The number of nitrogens with zero attached hydrogens (tertiary/aromatic N) is 3. The summed E-state index contributed by atoms with van der Waals surface area (Å²) in [7, 11) is 0. The molecule has 0 saturated carbocycles. The molecule has 3 heterocycles. The Balaban J connectivity index is 1.12. The molecular formula is C45H27N3S2. The molecule has 0 aliphatic heterocycles. The first-order valence-electron chi connectivity index (χ1n) is 16.6. The summed E-state index contributed by atoms with van der Waals surface area (Å²) in [6.45, 7) is 0. The van der Waals surface area contributed by atoms with Crippen LogP contribution in [0.5, 0.6) is 0 Å². The van der Waals surface area contributed by atoms with Crippen LogP contribution in [-0.4, -0.2) is 15.0 Å². The highest BCUT2D eigenvalue weighted by Crippen LogP contribution is 2.38. The van der Waals surface area contributed by atoms with Gasteiger partial charge in [-0.25, -0.2) is 15.0 Å². The van der Waals surface area contributed by atoms with Gasteiger partial charge < -0.3 is 0 Å². The van der Waals surface area contributed by atoms with Crippen LogP contribution in [0.1, 0.15) is 0 Å². The Kier molecular flexibility index (Phi) is 6.86. The van der Waals surface area contributed by atoms with E-state index < -0.39 is 0 Å². The lowest BCUT2D eigenvalue weighted by molar-refractivity contribution is 1.07. The van der Waals surface area contributed by atoms with E-state index in [0.29, 0.717) is 17.5 Å². The third-order valence-electron chi connectivity index (χ3n) is 9.33. The van der Waals surface area contributed by atoms with Gasteiger partial charge in [-0.05, 0) is 58.7 Å². The van der Waals surface area contributed by atoms with E-state index in [9.17, 15) is 0 Å². The van der Waals surface area contributed by atoms with Gasteiger partial charge in [-0.2, -0.15) is 0 Å². The standard InChI is InChI=1S/C45H27N3S2/c1-2-10-28(11-3-1)29-12-8-14-32(24-29)43-46-44(48-45(47-43)34-21-23-38-36-17-5-7-19-40(36)50-42(38)27-34)33-15-9-13-30(25-33)31-20-22-37-35-16-4-6-18-39(35)49-41(37)26-31/h1-27H. The smallest absolute Gasteiger partial charge is 0.164 e. The molecule has 0 aliphatic carbocycles. The second kappa shape index (κ2) is 11.8. The Morgan fingerprint density at radius 2 is 0.640 bits per heavy atom. The average molecular weight is 674 g/mol. The first-order chi connectivity index (χ1) is 24.7. The van der Waals surface area contributed by atoms with Gasteiger partial charge in [0, 0.05) is 57.0 Å². The molecule has 0 amide bonds. The van der Waals surface area contributed by atoms with Crippen molar-refractivity contribution in [1.29, 1.82) is 0 Å². The second-order valence-electron chi connectivity index (χ2n) is 12.5. The monoisotopic (exact) mass is 673 g/mol. The minimum Gasteiger partial charge on any atom is -0.208 e. The summed E-state index contributed by atoms with van der Waals surface area (Å²) in [6, 6.07) is 58.0. The van der Waals surface area contributed by atoms with Crippen molar-refractivity contribution in [3.05, 3.63) is 164 Å². The zero-order valence-electron chi connectivity index (χ0n) is 26.7. The molecule has 5 heteroatoms. The molecule has 10 aromatic rings. The number of aromatic nitrogens is 3. The number of fused-ring (bicyclic) bond motifs is 6. The molecule has 0 saturated heterocycles. The molecular weight excluding hydrogens is 647 g/mol. The summed E-state index contributed by atoms with van der Waals surface area (Å²) < 4.78 is 5.09. The molecule has 7 aromatic carbocycles. The van der Waals surface area contributed by atoms with Crippen LogP contribution in [0.15, 0.2) is 164 Å². The molecule has 0 radical (unpaired) electrons. The predicted molar refractivity (Wildman–Crippen MR) is 213 cm³/mol. The quantitative estimate of drug-likeness (QED) is 0.182. The van der Waals surface area contributed by atoms with Crippen LogP contribution in [0.4, 0.5) is 0 Å². The van der Waals surface area contributed by atoms with Crippen LogP contribution in [0, 0.1) is 0 Å². The van der Waals surface area contributed by atoms with E-state index in [-0.39, 0.29) is 0 Å². The minimum atomic E-state index is 0.649. The summed E-state index contributed by atoms with van der Waals surface area (Å²) >= 11 is 3.64. The van der Waals surface area contributed by atoms with Gasteiger partial charge in [0.2, 0.25) is 0 Å². The van der Waals surface area contributed by atoms with Gasteiger partial charge >= 0.3 is 0 Å². The molecule has 3 nitrogen and oxygen atoms in total. The Bertz CT molecular complexity index is 2890. The van der Waals surface area contributed by atoms with Gasteiger partial charge in [0.15, 0.2) is 17.5 Å². The van der Waals surface area contributed by atoms with Gasteiger partial charge in [-0.15, -0.1) is 22.7 Å². The van der Waals surface area contributed by atoms with E-state index >= 15 is 0 Å². The Morgan fingerprint density at radius 3 is 1.22 bits per heavy atom. The summed E-state index contributed by atoms with van der Waals surface area (Å²) in [4.78, 5) is 15.4. The van der Waals surface area contributed by atoms with Crippen LogP contribution in [0.3, 0.4) is 0 Å². The second-order valence-corrected chi connectivity index (χ2v) is 14.6. The van der Waals surface area contributed by atoms with Crippen LogP contribution >= 0.6 is 22.7 Å². The topological polar surface area (TPSA) is 38.7 Å². The number of hydrogen-bond acceptors (Lipinski definition) is 5. The summed E-state index contributed by atoms with van der Waals surface area (Å²) in [5, 5.41) is 5.14. The van der Waals surface area contributed by atoms with E-state index in [0.717, 1.165) is 33.4 Å². The van der Waals surface area contributed by atoms with E-state index in [2.05, 4.69) is 158 Å². The van der Waals surface area contributed by atoms with Crippen LogP contribution in [0.2, 0.25) is 0 Å². The molecule has 234 valence electrons. The third kappa shape index (κ3) is 5.07. The number of benzene rings is 7. The molecule has 3 aromatic heterocycles.